The summed E-state index contributed by atoms with van der Waals surface area (Å²) >= 11 is 0. The maximum atomic E-state index is 12.8. The number of carbonyl (C=O) groups is 2. The SMILES string of the molecule is COC[C@H]1N(c2cccc(-c3cc(C)ccc3OCc3cc(C)c4c(c3)CCN(C(=O)OC(C)(C)C)C4)n2)C[C@@H]2C[C@@]21C(=O)OC. The summed E-state index contributed by atoms with van der Waals surface area (Å²) in [5.74, 6) is 1.65. The first kappa shape index (κ1) is 31.9. The number of hydrogen-bond acceptors (Lipinski definition) is 8. The van der Waals surface area contributed by atoms with Crippen molar-refractivity contribution in [2.45, 2.75) is 72.3 Å². The van der Waals surface area contributed by atoms with Crippen LogP contribution in [0.3, 0.4) is 0 Å². The summed E-state index contributed by atoms with van der Waals surface area (Å²) in [5, 5.41) is 0. The Kier molecular flexibility index (Phi) is 8.48. The van der Waals surface area contributed by atoms with Crippen molar-refractivity contribution < 1.29 is 28.5 Å². The Morgan fingerprint density at radius 3 is 2.61 bits per heavy atom. The van der Waals surface area contributed by atoms with Crippen LogP contribution in [0, 0.1) is 25.2 Å². The molecule has 0 N–H and O–H groups in total. The highest BCUT2D eigenvalue weighted by molar-refractivity contribution is 5.84. The van der Waals surface area contributed by atoms with E-state index in [2.05, 4.69) is 43.0 Å². The van der Waals surface area contributed by atoms with Gasteiger partial charge in [-0.2, -0.15) is 0 Å². The molecule has 2 aliphatic heterocycles. The zero-order valence-electron chi connectivity index (χ0n) is 28.0. The maximum Gasteiger partial charge on any atom is 0.410 e. The number of methoxy groups -OCH3 is 2. The number of fused-ring (bicyclic) bond motifs is 2. The van der Waals surface area contributed by atoms with Crippen LogP contribution in [0.5, 0.6) is 5.75 Å². The van der Waals surface area contributed by atoms with Gasteiger partial charge in [-0.15, -0.1) is 0 Å². The fourth-order valence-corrected chi connectivity index (χ4v) is 7.23. The number of aromatic nitrogens is 1. The van der Waals surface area contributed by atoms with Crippen molar-refractivity contribution in [2.75, 3.05) is 38.8 Å². The first-order valence-electron chi connectivity index (χ1n) is 16.1. The Labute approximate surface area is 271 Å². The third-order valence-electron chi connectivity index (χ3n) is 9.54. The lowest BCUT2D eigenvalue weighted by Gasteiger charge is -2.32. The molecule has 3 heterocycles. The predicted octanol–water partition coefficient (Wildman–Crippen LogP) is 6.25. The van der Waals surface area contributed by atoms with E-state index in [9.17, 15) is 9.59 Å². The molecule has 1 aliphatic carbocycles. The van der Waals surface area contributed by atoms with Gasteiger partial charge in [0.2, 0.25) is 0 Å². The van der Waals surface area contributed by atoms with E-state index in [4.69, 9.17) is 23.9 Å². The highest BCUT2D eigenvalue weighted by atomic mass is 16.6. The van der Waals surface area contributed by atoms with Crippen LogP contribution in [0.4, 0.5) is 10.6 Å². The Hall–Kier alpha value is -4.11. The van der Waals surface area contributed by atoms with E-state index in [0.29, 0.717) is 26.3 Å². The Morgan fingerprint density at radius 1 is 1.07 bits per heavy atom. The molecule has 46 heavy (non-hydrogen) atoms. The van der Waals surface area contributed by atoms with Crippen LogP contribution < -0.4 is 9.64 Å². The molecule has 1 aromatic heterocycles. The number of pyridine rings is 1. The Bertz CT molecular complexity index is 1650. The average molecular weight is 628 g/mol. The van der Waals surface area contributed by atoms with Gasteiger partial charge in [-0.3, -0.25) is 4.79 Å². The molecule has 3 aromatic rings. The van der Waals surface area contributed by atoms with Crippen LogP contribution in [0.2, 0.25) is 0 Å². The first-order chi connectivity index (χ1) is 21.9. The number of esters is 1. The number of anilines is 1. The molecule has 1 saturated carbocycles. The maximum absolute atomic E-state index is 12.8. The molecule has 9 nitrogen and oxygen atoms in total. The Morgan fingerprint density at radius 2 is 1.87 bits per heavy atom. The second-order valence-corrected chi connectivity index (χ2v) is 13.9. The standard InChI is InChI=1S/C37H45N3O6/c1-23-11-12-31(45-21-25-16-24(2)29-20-39(14-13-26(29)17-25)35(42)46-36(3,4)5)28(15-23)30-9-8-10-33(38-30)40-19-27-18-37(27,34(41)44-7)32(40)22-43-6/h8-12,15-17,27,32H,13-14,18-22H2,1-7H3/t27-,32+,37+/m0/s1. The lowest BCUT2D eigenvalue weighted by Crippen LogP contribution is -2.44. The number of rotatable bonds is 8. The third-order valence-corrected chi connectivity index (χ3v) is 9.54. The number of ether oxygens (including phenoxy) is 4. The van der Waals surface area contributed by atoms with Crippen molar-refractivity contribution in [3.63, 3.8) is 0 Å². The third kappa shape index (κ3) is 6.05. The van der Waals surface area contributed by atoms with Gasteiger partial charge >= 0.3 is 12.1 Å². The van der Waals surface area contributed by atoms with E-state index in [1.54, 1.807) is 12.0 Å². The monoisotopic (exact) mass is 627 g/mol. The molecule has 244 valence electrons. The molecule has 0 spiro atoms. The second-order valence-electron chi connectivity index (χ2n) is 13.9. The minimum atomic E-state index is -0.527. The van der Waals surface area contributed by atoms with Crippen molar-refractivity contribution in [1.29, 1.82) is 0 Å². The number of hydrogen-bond donors (Lipinski definition) is 0. The highest BCUT2D eigenvalue weighted by Gasteiger charge is 2.71. The largest absolute Gasteiger partial charge is 0.488 e. The number of benzene rings is 2. The van der Waals surface area contributed by atoms with Gasteiger partial charge in [0, 0.05) is 32.3 Å². The molecule has 2 aromatic carbocycles. The van der Waals surface area contributed by atoms with Crippen LogP contribution in [-0.2, 0) is 38.6 Å². The average Bonchev–Trinajstić information content (AvgIpc) is 3.67. The van der Waals surface area contributed by atoms with E-state index in [1.165, 1.54) is 18.2 Å². The van der Waals surface area contributed by atoms with E-state index in [1.807, 2.05) is 45.0 Å². The van der Waals surface area contributed by atoms with Crippen molar-refractivity contribution in [2.24, 2.45) is 11.3 Å². The summed E-state index contributed by atoms with van der Waals surface area (Å²) in [4.78, 5) is 34.6. The first-order valence-corrected chi connectivity index (χ1v) is 16.1. The normalized spacial score (nSPS) is 21.8. The van der Waals surface area contributed by atoms with Gasteiger partial charge in [0.05, 0.1) is 30.9 Å². The molecule has 1 saturated heterocycles. The number of nitrogens with zero attached hydrogens (tertiary/aromatic N) is 3. The molecule has 9 heteroatoms. The fourth-order valence-electron chi connectivity index (χ4n) is 7.23. The number of piperidine rings is 1. The van der Waals surface area contributed by atoms with Crippen LogP contribution in [0.1, 0.15) is 55.0 Å². The second kappa shape index (κ2) is 12.2. The zero-order valence-corrected chi connectivity index (χ0v) is 28.0. The highest BCUT2D eigenvalue weighted by Crippen LogP contribution is 2.62. The van der Waals surface area contributed by atoms with E-state index in [0.717, 1.165) is 58.9 Å². The number of carbonyl (C=O) groups excluding carboxylic acids is 2. The van der Waals surface area contributed by atoms with E-state index < -0.39 is 11.0 Å². The molecule has 2 fully saturated rings. The van der Waals surface area contributed by atoms with Crippen LogP contribution in [0.15, 0.2) is 48.5 Å². The van der Waals surface area contributed by atoms with Crippen LogP contribution in [-0.4, -0.2) is 67.5 Å². The topological polar surface area (TPSA) is 90.4 Å². The van der Waals surface area contributed by atoms with E-state index in [-0.39, 0.29) is 24.0 Å². The van der Waals surface area contributed by atoms with Crippen LogP contribution in [0.25, 0.3) is 11.3 Å². The summed E-state index contributed by atoms with van der Waals surface area (Å²) in [6, 6.07) is 16.4. The summed E-state index contributed by atoms with van der Waals surface area (Å²) in [6.07, 6.45) is 1.33. The lowest BCUT2D eigenvalue weighted by atomic mass is 9.93. The molecule has 1 amide bonds. The van der Waals surface area contributed by atoms with Gasteiger partial charge < -0.3 is 28.7 Å². The quantitative estimate of drug-likeness (QED) is 0.271. The van der Waals surface area contributed by atoms with Crippen molar-refractivity contribution in [1.82, 2.24) is 9.88 Å². The summed E-state index contributed by atoms with van der Waals surface area (Å²) in [5.41, 5.74) is 6.44. The van der Waals surface area contributed by atoms with Gasteiger partial charge in [0.25, 0.3) is 0 Å². The van der Waals surface area contributed by atoms with Crippen molar-refractivity contribution in [3.05, 3.63) is 76.3 Å². The zero-order chi connectivity index (χ0) is 32.8. The van der Waals surface area contributed by atoms with Gasteiger partial charge in [-0.1, -0.05) is 29.8 Å². The number of amides is 1. The minimum absolute atomic E-state index is 0.130. The van der Waals surface area contributed by atoms with Crippen LogP contribution >= 0.6 is 0 Å². The van der Waals surface area contributed by atoms with E-state index >= 15 is 0 Å². The predicted molar refractivity (Wildman–Crippen MR) is 176 cm³/mol. The molecule has 3 aliphatic rings. The molecule has 3 atom stereocenters. The molecule has 0 unspecified atom stereocenters. The van der Waals surface area contributed by atoms with Crippen molar-refractivity contribution in [3.8, 4) is 17.0 Å². The molecular weight excluding hydrogens is 582 g/mol. The molecule has 6 rings (SSSR count). The number of aryl methyl sites for hydroxylation is 2. The lowest BCUT2D eigenvalue weighted by molar-refractivity contribution is -0.148. The van der Waals surface area contributed by atoms with Gasteiger partial charge in [-0.25, -0.2) is 9.78 Å². The molecular formula is C37H45N3O6. The van der Waals surface area contributed by atoms with Gasteiger partial charge in [0.15, 0.2) is 0 Å². The summed E-state index contributed by atoms with van der Waals surface area (Å²) < 4.78 is 22.9. The summed E-state index contributed by atoms with van der Waals surface area (Å²) in [7, 11) is 3.13. The summed E-state index contributed by atoms with van der Waals surface area (Å²) in [6.45, 7) is 12.6. The Balaban J connectivity index is 1.21. The molecule has 0 bridgehead atoms. The van der Waals surface area contributed by atoms with Crippen molar-refractivity contribution >= 4 is 17.9 Å². The fraction of sp³-hybridized carbons (Fsp3) is 0.486. The smallest absolute Gasteiger partial charge is 0.410 e. The minimum Gasteiger partial charge on any atom is -0.488 e. The van der Waals surface area contributed by atoms with Gasteiger partial charge in [0.1, 0.15) is 23.8 Å². The van der Waals surface area contributed by atoms with Gasteiger partial charge in [-0.05, 0) is 99.9 Å². The molecule has 0 radical (unpaired) electrons.